The third-order valence-corrected chi connectivity index (χ3v) is 4.53. The number of likely N-dealkylation sites (tertiary alicyclic amines) is 1. The molecule has 4 rings (SSSR count). The molecule has 134 valence electrons. The van der Waals surface area contributed by atoms with Gasteiger partial charge in [0.1, 0.15) is 5.69 Å². The summed E-state index contributed by atoms with van der Waals surface area (Å²) in [4.78, 5) is 23.1. The number of piperidine rings is 1. The van der Waals surface area contributed by atoms with E-state index in [2.05, 4.69) is 20.3 Å². The van der Waals surface area contributed by atoms with Gasteiger partial charge in [-0.1, -0.05) is 23.3 Å². The number of aromatic nitrogens is 4. The zero-order valence-electron chi connectivity index (χ0n) is 14.5. The SMILES string of the molecule is CCc1cc(C(=O)N2CCC[C@@H](c3noc(-c4ccccn4)n3)C2)on1. The van der Waals surface area contributed by atoms with Gasteiger partial charge in [-0.25, -0.2) is 0 Å². The van der Waals surface area contributed by atoms with E-state index >= 15 is 0 Å². The van der Waals surface area contributed by atoms with E-state index in [1.807, 2.05) is 25.1 Å². The first-order valence-corrected chi connectivity index (χ1v) is 8.74. The fourth-order valence-electron chi connectivity index (χ4n) is 3.10. The first-order valence-electron chi connectivity index (χ1n) is 8.74. The van der Waals surface area contributed by atoms with Crippen LogP contribution in [0.2, 0.25) is 0 Å². The summed E-state index contributed by atoms with van der Waals surface area (Å²) in [5.74, 6) is 1.17. The standard InChI is InChI=1S/C18H19N5O3/c1-2-13-10-15(25-21-13)18(24)23-9-5-6-12(11-23)16-20-17(26-22-16)14-7-3-4-8-19-14/h3-4,7-8,10,12H,2,5-6,9,11H2,1H3/t12-/m1/s1. The molecule has 1 saturated heterocycles. The van der Waals surface area contributed by atoms with Crippen LogP contribution in [0, 0.1) is 0 Å². The molecule has 3 aromatic heterocycles. The predicted octanol–water partition coefficient (Wildman–Crippen LogP) is 2.70. The maximum atomic E-state index is 12.7. The number of aryl methyl sites for hydroxylation is 1. The molecule has 0 radical (unpaired) electrons. The van der Waals surface area contributed by atoms with Crippen LogP contribution in [-0.4, -0.2) is 44.2 Å². The van der Waals surface area contributed by atoms with E-state index in [0.29, 0.717) is 30.5 Å². The van der Waals surface area contributed by atoms with Gasteiger partial charge in [-0.05, 0) is 31.4 Å². The van der Waals surface area contributed by atoms with Crippen LogP contribution < -0.4 is 0 Å². The van der Waals surface area contributed by atoms with Crippen molar-refractivity contribution in [3.05, 3.63) is 47.7 Å². The number of pyridine rings is 1. The molecule has 8 nitrogen and oxygen atoms in total. The van der Waals surface area contributed by atoms with Crippen LogP contribution in [0.5, 0.6) is 0 Å². The fraction of sp³-hybridized carbons (Fsp3) is 0.389. The minimum absolute atomic E-state index is 0.0301. The van der Waals surface area contributed by atoms with Crippen molar-refractivity contribution in [2.75, 3.05) is 13.1 Å². The fourth-order valence-corrected chi connectivity index (χ4v) is 3.10. The summed E-state index contributed by atoms with van der Waals surface area (Å²) in [7, 11) is 0. The number of amides is 1. The molecule has 26 heavy (non-hydrogen) atoms. The van der Waals surface area contributed by atoms with Gasteiger partial charge in [-0.2, -0.15) is 4.98 Å². The van der Waals surface area contributed by atoms with Crippen molar-refractivity contribution in [3.63, 3.8) is 0 Å². The van der Waals surface area contributed by atoms with Gasteiger partial charge in [-0.3, -0.25) is 9.78 Å². The topological polar surface area (TPSA) is 98.2 Å². The van der Waals surface area contributed by atoms with Gasteiger partial charge in [0, 0.05) is 31.3 Å². The highest BCUT2D eigenvalue weighted by molar-refractivity contribution is 5.91. The van der Waals surface area contributed by atoms with Crippen LogP contribution in [0.3, 0.4) is 0 Å². The van der Waals surface area contributed by atoms with Crippen molar-refractivity contribution in [1.82, 2.24) is 25.2 Å². The van der Waals surface area contributed by atoms with Crippen LogP contribution in [0.15, 0.2) is 39.5 Å². The summed E-state index contributed by atoms with van der Waals surface area (Å²) in [5.41, 5.74) is 1.42. The van der Waals surface area contributed by atoms with Gasteiger partial charge >= 0.3 is 0 Å². The average molecular weight is 353 g/mol. The quantitative estimate of drug-likeness (QED) is 0.711. The van der Waals surface area contributed by atoms with Crippen molar-refractivity contribution in [1.29, 1.82) is 0 Å². The first-order chi connectivity index (χ1) is 12.7. The van der Waals surface area contributed by atoms with Crippen molar-refractivity contribution >= 4 is 5.91 Å². The lowest BCUT2D eigenvalue weighted by Gasteiger charge is -2.30. The summed E-state index contributed by atoms with van der Waals surface area (Å²) in [6.07, 6.45) is 4.20. The van der Waals surface area contributed by atoms with Crippen LogP contribution in [0.1, 0.15) is 47.8 Å². The highest BCUT2D eigenvalue weighted by atomic mass is 16.5. The van der Waals surface area contributed by atoms with E-state index in [4.69, 9.17) is 9.05 Å². The molecule has 0 saturated carbocycles. The monoisotopic (exact) mass is 353 g/mol. The second-order valence-corrected chi connectivity index (χ2v) is 6.30. The average Bonchev–Trinajstić information content (AvgIpc) is 3.38. The number of carbonyl (C=O) groups excluding carboxylic acids is 1. The summed E-state index contributed by atoms with van der Waals surface area (Å²) in [6, 6.07) is 7.23. The second-order valence-electron chi connectivity index (χ2n) is 6.30. The van der Waals surface area contributed by atoms with Crippen LogP contribution in [0.25, 0.3) is 11.6 Å². The number of carbonyl (C=O) groups is 1. The maximum absolute atomic E-state index is 12.7. The molecule has 1 atom stereocenters. The van der Waals surface area contributed by atoms with Crippen molar-refractivity contribution < 1.29 is 13.8 Å². The second kappa shape index (κ2) is 7.07. The Morgan fingerprint density at radius 1 is 1.31 bits per heavy atom. The molecule has 0 N–H and O–H groups in total. The molecule has 0 unspecified atom stereocenters. The van der Waals surface area contributed by atoms with E-state index in [1.165, 1.54) is 0 Å². The lowest BCUT2D eigenvalue weighted by atomic mass is 9.97. The number of hydrogen-bond donors (Lipinski definition) is 0. The first kappa shape index (κ1) is 16.4. The van der Waals surface area contributed by atoms with E-state index < -0.39 is 0 Å². The molecule has 8 heteroatoms. The van der Waals surface area contributed by atoms with Crippen LogP contribution in [-0.2, 0) is 6.42 Å². The molecule has 1 aliphatic rings. The van der Waals surface area contributed by atoms with Gasteiger partial charge in [0.2, 0.25) is 5.76 Å². The summed E-state index contributed by atoms with van der Waals surface area (Å²) in [6.45, 7) is 3.18. The minimum atomic E-state index is -0.143. The molecule has 0 aliphatic carbocycles. The lowest BCUT2D eigenvalue weighted by molar-refractivity contribution is 0.0661. The van der Waals surface area contributed by atoms with Gasteiger partial charge in [0.15, 0.2) is 5.82 Å². The smallest absolute Gasteiger partial charge is 0.292 e. The zero-order chi connectivity index (χ0) is 17.9. The van der Waals surface area contributed by atoms with E-state index in [-0.39, 0.29) is 17.6 Å². The predicted molar refractivity (Wildman–Crippen MR) is 91.3 cm³/mol. The highest BCUT2D eigenvalue weighted by Crippen LogP contribution is 2.27. The molecule has 3 aromatic rings. The maximum Gasteiger partial charge on any atom is 0.292 e. The number of rotatable bonds is 4. The molecular formula is C18H19N5O3. The summed E-state index contributed by atoms with van der Waals surface area (Å²) < 4.78 is 10.5. The molecule has 4 heterocycles. The summed E-state index contributed by atoms with van der Waals surface area (Å²) >= 11 is 0. The molecule has 1 fully saturated rings. The Kier molecular flexibility index (Phi) is 4.47. The van der Waals surface area contributed by atoms with E-state index in [1.54, 1.807) is 17.2 Å². The third-order valence-electron chi connectivity index (χ3n) is 4.53. The Morgan fingerprint density at radius 3 is 3.00 bits per heavy atom. The number of hydrogen-bond acceptors (Lipinski definition) is 7. The molecular weight excluding hydrogens is 334 g/mol. The van der Waals surface area contributed by atoms with Crippen molar-refractivity contribution in [3.8, 4) is 11.6 Å². The Hall–Kier alpha value is -3.03. The highest BCUT2D eigenvalue weighted by Gasteiger charge is 2.30. The van der Waals surface area contributed by atoms with Crippen LogP contribution >= 0.6 is 0 Å². The normalized spacial score (nSPS) is 17.4. The third kappa shape index (κ3) is 3.22. The van der Waals surface area contributed by atoms with Gasteiger partial charge in [0.25, 0.3) is 11.8 Å². The molecule has 0 spiro atoms. The largest absolute Gasteiger partial charge is 0.351 e. The van der Waals surface area contributed by atoms with E-state index in [0.717, 1.165) is 25.0 Å². The molecule has 0 bridgehead atoms. The van der Waals surface area contributed by atoms with Gasteiger partial charge in [-0.15, -0.1) is 0 Å². The van der Waals surface area contributed by atoms with Crippen LogP contribution in [0.4, 0.5) is 0 Å². The zero-order valence-corrected chi connectivity index (χ0v) is 14.5. The Bertz CT molecular complexity index is 889. The van der Waals surface area contributed by atoms with Crippen molar-refractivity contribution in [2.45, 2.75) is 32.1 Å². The Labute approximate surface area is 150 Å². The minimum Gasteiger partial charge on any atom is -0.351 e. The Morgan fingerprint density at radius 2 is 2.23 bits per heavy atom. The van der Waals surface area contributed by atoms with E-state index in [9.17, 15) is 4.79 Å². The molecule has 1 amide bonds. The summed E-state index contributed by atoms with van der Waals surface area (Å²) in [5, 5.41) is 8.00. The number of nitrogens with zero attached hydrogens (tertiary/aromatic N) is 5. The van der Waals surface area contributed by atoms with Gasteiger partial charge < -0.3 is 13.9 Å². The van der Waals surface area contributed by atoms with Crippen molar-refractivity contribution in [2.24, 2.45) is 0 Å². The molecule has 0 aromatic carbocycles. The lowest BCUT2D eigenvalue weighted by Crippen LogP contribution is -2.39. The Balaban J connectivity index is 1.48. The molecule has 1 aliphatic heterocycles. The van der Waals surface area contributed by atoms with Gasteiger partial charge in [0.05, 0.1) is 5.69 Å².